The number of amides is 1. The highest BCUT2D eigenvalue weighted by atomic mass is 32.2. The summed E-state index contributed by atoms with van der Waals surface area (Å²) in [6.07, 6.45) is 0. The highest BCUT2D eigenvalue weighted by Gasteiger charge is 2.12. The van der Waals surface area contributed by atoms with E-state index in [0.717, 1.165) is 41.5 Å². The van der Waals surface area contributed by atoms with Gasteiger partial charge in [-0.1, -0.05) is 12.1 Å². The summed E-state index contributed by atoms with van der Waals surface area (Å²) in [5.41, 5.74) is 3.26. The van der Waals surface area contributed by atoms with Crippen molar-refractivity contribution >= 4 is 35.1 Å². The molecule has 0 spiro atoms. The van der Waals surface area contributed by atoms with Gasteiger partial charge < -0.3 is 10.1 Å². The molecule has 0 aromatic heterocycles. The van der Waals surface area contributed by atoms with Crippen LogP contribution in [0.2, 0.25) is 0 Å². The number of ether oxygens (including phenoxy) is 1. The number of thioether (sulfide) groups is 2. The van der Waals surface area contributed by atoms with Gasteiger partial charge in [-0.25, -0.2) is 0 Å². The zero-order valence-corrected chi connectivity index (χ0v) is 17.5. The number of aryl methyl sites for hydroxylation is 1. The van der Waals surface area contributed by atoms with Crippen molar-refractivity contribution in [2.45, 2.75) is 18.4 Å². The van der Waals surface area contributed by atoms with Crippen LogP contribution in [0, 0.1) is 6.92 Å². The van der Waals surface area contributed by atoms with Crippen LogP contribution in [0.15, 0.2) is 47.4 Å². The number of rotatable bonds is 7. The number of carbonyl (C=O) groups excluding carboxylic acids is 1. The first-order valence-corrected chi connectivity index (χ1v) is 11.2. The third kappa shape index (κ3) is 6.19. The predicted octanol–water partition coefficient (Wildman–Crippen LogP) is 4.28. The largest absolute Gasteiger partial charge is 0.497 e. The lowest BCUT2D eigenvalue weighted by Crippen LogP contribution is -2.32. The zero-order chi connectivity index (χ0) is 19.1. The standard InChI is InChI=1S/C21H26N2O2S2/c1-16-3-4-17(14-23-9-11-26-12-10-23)13-20(16)22-21(24)15-27-19-7-5-18(25-2)6-8-19/h3-8,13H,9-12,14-15H2,1-2H3,(H,22,24). The highest BCUT2D eigenvalue weighted by molar-refractivity contribution is 8.00. The lowest BCUT2D eigenvalue weighted by Gasteiger charge is -2.26. The summed E-state index contributed by atoms with van der Waals surface area (Å²) in [7, 11) is 1.65. The minimum atomic E-state index is 0.0189. The molecule has 0 atom stereocenters. The van der Waals surface area contributed by atoms with Crippen LogP contribution in [0.25, 0.3) is 0 Å². The van der Waals surface area contributed by atoms with Gasteiger partial charge in [-0.3, -0.25) is 9.69 Å². The molecule has 2 aromatic carbocycles. The molecule has 0 bridgehead atoms. The first kappa shape index (κ1) is 20.1. The summed E-state index contributed by atoms with van der Waals surface area (Å²) in [5, 5.41) is 3.07. The number of anilines is 1. The zero-order valence-electron chi connectivity index (χ0n) is 15.9. The van der Waals surface area contributed by atoms with Gasteiger partial charge in [-0.05, 0) is 48.4 Å². The van der Waals surface area contributed by atoms with E-state index in [9.17, 15) is 4.79 Å². The molecule has 1 saturated heterocycles. The molecule has 2 aromatic rings. The lowest BCUT2D eigenvalue weighted by molar-refractivity contribution is -0.113. The van der Waals surface area contributed by atoms with Crippen LogP contribution >= 0.6 is 23.5 Å². The van der Waals surface area contributed by atoms with E-state index in [2.05, 4.69) is 28.4 Å². The van der Waals surface area contributed by atoms with Crippen molar-refractivity contribution < 1.29 is 9.53 Å². The Morgan fingerprint density at radius 1 is 1.19 bits per heavy atom. The molecular weight excluding hydrogens is 376 g/mol. The van der Waals surface area contributed by atoms with Gasteiger partial charge in [0.05, 0.1) is 12.9 Å². The molecule has 144 valence electrons. The van der Waals surface area contributed by atoms with E-state index in [1.807, 2.05) is 43.0 Å². The van der Waals surface area contributed by atoms with E-state index >= 15 is 0 Å². The average Bonchev–Trinajstić information content (AvgIpc) is 2.70. The molecule has 0 radical (unpaired) electrons. The van der Waals surface area contributed by atoms with Gasteiger partial charge in [-0.15, -0.1) is 11.8 Å². The van der Waals surface area contributed by atoms with Crippen molar-refractivity contribution in [3.63, 3.8) is 0 Å². The molecule has 4 nitrogen and oxygen atoms in total. The summed E-state index contributed by atoms with van der Waals surface area (Å²) >= 11 is 3.55. The maximum atomic E-state index is 12.4. The second-order valence-electron chi connectivity index (χ2n) is 6.55. The number of methoxy groups -OCH3 is 1. The van der Waals surface area contributed by atoms with Crippen LogP contribution in [0.4, 0.5) is 5.69 Å². The molecule has 6 heteroatoms. The van der Waals surface area contributed by atoms with Crippen molar-refractivity contribution in [2.75, 3.05) is 42.8 Å². The third-order valence-electron chi connectivity index (χ3n) is 4.52. The maximum absolute atomic E-state index is 12.4. The molecule has 1 fully saturated rings. The Balaban J connectivity index is 1.55. The number of benzene rings is 2. The molecule has 1 heterocycles. The van der Waals surface area contributed by atoms with Crippen LogP contribution in [0.1, 0.15) is 11.1 Å². The Hall–Kier alpha value is -1.63. The molecular formula is C21H26N2O2S2. The van der Waals surface area contributed by atoms with Gasteiger partial charge in [0.1, 0.15) is 5.75 Å². The van der Waals surface area contributed by atoms with Crippen LogP contribution in [-0.2, 0) is 11.3 Å². The van der Waals surface area contributed by atoms with Crippen molar-refractivity contribution in [3.8, 4) is 5.75 Å². The van der Waals surface area contributed by atoms with E-state index in [0.29, 0.717) is 5.75 Å². The Morgan fingerprint density at radius 3 is 2.63 bits per heavy atom. The summed E-state index contributed by atoms with van der Waals surface area (Å²) < 4.78 is 5.16. The number of hydrogen-bond donors (Lipinski definition) is 1. The molecule has 1 N–H and O–H groups in total. The summed E-state index contributed by atoms with van der Waals surface area (Å²) in [6, 6.07) is 14.1. The van der Waals surface area contributed by atoms with E-state index in [1.165, 1.54) is 28.8 Å². The number of carbonyl (C=O) groups is 1. The fourth-order valence-corrected chi connectivity index (χ4v) is 4.60. The molecule has 1 aliphatic rings. The van der Waals surface area contributed by atoms with E-state index in [4.69, 9.17) is 4.74 Å². The molecule has 0 aliphatic carbocycles. The monoisotopic (exact) mass is 402 g/mol. The SMILES string of the molecule is COc1ccc(SCC(=O)Nc2cc(CN3CCSCC3)ccc2C)cc1. The van der Waals surface area contributed by atoms with Gasteiger partial charge in [0, 0.05) is 41.7 Å². The van der Waals surface area contributed by atoms with Crippen LogP contribution < -0.4 is 10.1 Å². The Bertz CT molecular complexity index is 759. The molecule has 1 aliphatic heterocycles. The van der Waals surface area contributed by atoms with Gasteiger partial charge in [0.2, 0.25) is 5.91 Å². The maximum Gasteiger partial charge on any atom is 0.234 e. The fraction of sp³-hybridized carbons (Fsp3) is 0.381. The topological polar surface area (TPSA) is 41.6 Å². The first-order chi connectivity index (χ1) is 13.1. The predicted molar refractivity (Wildman–Crippen MR) is 116 cm³/mol. The van der Waals surface area contributed by atoms with Crippen LogP contribution in [0.3, 0.4) is 0 Å². The van der Waals surface area contributed by atoms with Gasteiger partial charge >= 0.3 is 0 Å². The number of hydrogen-bond acceptors (Lipinski definition) is 5. The Labute approximate surface area is 170 Å². The lowest BCUT2D eigenvalue weighted by atomic mass is 10.1. The molecule has 0 unspecified atom stereocenters. The Morgan fingerprint density at radius 2 is 1.93 bits per heavy atom. The quantitative estimate of drug-likeness (QED) is 0.700. The molecule has 27 heavy (non-hydrogen) atoms. The molecule has 1 amide bonds. The number of nitrogens with zero attached hydrogens (tertiary/aromatic N) is 1. The fourth-order valence-electron chi connectivity index (χ4n) is 2.93. The van der Waals surface area contributed by atoms with Crippen molar-refractivity contribution in [3.05, 3.63) is 53.6 Å². The number of nitrogens with one attached hydrogen (secondary N) is 1. The van der Waals surface area contributed by atoms with Gasteiger partial charge in [-0.2, -0.15) is 11.8 Å². The average molecular weight is 403 g/mol. The second-order valence-corrected chi connectivity index (χ2v) is 8.82. The van der Waals surface area contributed by atoms with Crippen LogP contribution in [0.5, 0.6) is 5.75 Å². The summed E-state index contributed by atoms with van der Waals surface area (Å²) in [6.45, 7) is 5.26. The first-order valence-electron chi connectivity index (χ1n) is 9.10. The molecule has 0 saturated carbocycles. The summed E-state index contributed by atoms with van der Waals surface area (Å²) in [4.78, 5) is 15.9. The molecule has 3 rings (SSSR count). The van der Waals surface area contributed by atoms with Crippen molar-refractivity contribution in [1.82, 2.24) is 4.90 Å². The van der Waals surface area contributed by atoms with Gasteiger partial charge in [0.15, 0.2) is 0 Å². The van der Waals surface area contributed by atoms with E-state index in [1.54, 1.807) is 7.11 Å². The van der Waals surface area contributed by atoms with Gasteiger partial charge in [0.25, 0.3) is 0 Å². The minimum Gasteiger partial charge on any atom is -0.497 e. The van der Waals surface area contributed by atoms with Crippen LogP contribution in [-0.4, -0.2) is 48.3 Å². The minimum absolute atomic E-state index is 0.0189. The van der Waals surface area contributed by atoms with E-state index in [-0.39, 0.29) is 5.91 Å². The van der Waals surface area contributed by atoms with Crippen molar-refractivity contribution in [2.24, 2.45) is 0 Å². The van der Waals surface area contributed by atoms with Crippen molar-refractivity contribution in [1.29, 1.82) is 0 Å². The smallest absolute Gasteiger partial charge is 0.234 e. The van der Waals surface area contributed by atoms with E-state index < -0.39 is 0 Å². The second kappa shape index (κ2) is 10.1. The summed E-state index contributed by atoms with van der Waals surface area (Å²) in [5.74, 6) is 3.64. The highest BCUT2D eigenvalue weighted by Crippen LogP contribution is 2.23. The normalized spacial score (nSPS) is 14.7. The Kier molecular flexibility index (Phi) is 7.50. The third-order valence-corrected chi connectivity index (χ3v) is 6.47.